The van der Waals surface area contributed by atoms with Crippen molar-refractivity contribution in [3.8, 4) is 0 Å². The summed E-state index contributed by atoms with van der Waals surface area (Å²) in [5.74, 6) is -0.336. The van der Waals surface area contributed by atoms with Crippen molar-refractivity contribution in [3.63, 3.8) is 0 Å². The monoisotopic (exact) mass is 407 g/mol. The summed E-state index contributed by atoms with van der Waals surface area (Å²) in [6.45, 7) is 3.13. The molecule has 2 N–H and O–H groups in total. The third-order valence-electron chi connectivity index (χ3n) is 5.09. The molecule has 1 aliphatic heterocycles. The van der Waals surface area contributed by atoms with Crippen molar-refractivity contribution in [1.29, 1.82) is 0 Å². The van der Waals surface area contributed by atoms with Gasteiger partial charge in [-0.1, -0.05) is 12.1 Å². The van der Waals surface area contributed by atoms with Crippen molar-refractivity contribution in [2.24, 2.45) is 0 Å². The van der Waals surface area contributed by atoms with Crippen LogP contribution in [-0.4, -0.2) is 43.5 Å². The second-order valence-electron chi connectivity index (χ2n) is 7.48. The molecule has 0 unspecified atom stereocenters. The molecule has 0 radical (unpaired) electrons. The number of anilines is 2. The minimum Gasteiger partial charge on any atom is -0.451 e. The number of fused-ring (bicyclic) bond motifs is 1. The van der Waals surface area contributed by atoms with E-state index in [4.69, 9.17) is 9.15 Å². The number of ether oxygens (including phenoxy) is 1. The van der Waals surface area contributed by atoms with Gasteiger partial charge in [0.05, 0.1) is 0 Å². The third kappa shape index (κ3) is 4.87. The Hall–Kier alpha value is -3.16. The molecule has 4 rings (SSSR count). The van der Waals surface area contributed by atoms with Gasteiger partial charge >= 0.3 is 0 Å². The molecule has 3 aromatic rings. The summed E-state index contributed by atoms with van der Waals surface area (Å²) < 4.78 is 10.5. The first-order valence-electron chi connectivity index (χ1n) is 10.1. The molecule has 2 amide bonds. The van der Waals surface area contributed by atoms with Crippen molar-refractivity contribution in [2.45, 2.75) is 19.4 Å². The Bertz CT molecular complexity index is 1050. The Labute approximate surface area is 175 Å². The van der Waals surface area contributed by atoms with Gasteiger partial charge in [-0.25, -0.2) is 0 Å². The number of likely N-dealkylation sites (tertiary alicyclic amines) is 1. The number of nitrogens with one attached hydrogen (secondary N) is 2. The number of nitrogens with zero attached hydrogens (tertiary/aromatic N) is 1. The number of benzene rings is 2. The van der Waals surface area contributed by atoms with Gasteiger partial charge in [-0.2, -0.15) is 0 Å². The van der Waals surface area contributed by atoms with E-state index in [9.17, 15) is 9.59 Å². The van der Waals surface area contributed by atoms with Crippen molar-refractivity contribution >= 4 is 34.2 Å². The minimum absolute atomic E-state index is 0.0199. The van der Waals surface area contributed by atoms with Gasteiger partial charge in [0.15, 0.2) is 5.76 Å². The van der Waals surface area contributed by atoms with Crippen LogP contribution in [-0.2, 0) is 16.1 Å². The lowest BCUT2D eigenvalue weighted by molar-refractivity contribution is -0.119. The topological polar surface area (TPSA) is 83.8 Å². The highest BCUT2D eigenvalue weighted by Crippen LogP contribution is 2.24. The highest BCUT2D eigenvalue weighted by Gasteiger charge is 2.15. The fourth-order valence-corrected chi connectivity index (χ4v) is 3.70. The molecular formula is C23H25N3O4. The van der Waals surface area contributed by atoms with Crippen LogP contribution in [0.2, 0.25) is 0 Å². The first-order chi connectivity index (χ1) is 14.6. The lowest BCUT2D eigenvalue weighted by atomic mass is 10.2. The Morgan fingerprint density at radius 2 is 1.83 bits per heavy atom. The number of carbonyl (C=O) groups is 2. The first kappa shape index (κ1) is 20.1. The van der Waals surface area contributed by atoms with Crippen LogP contribution in [0.4, 0.5) is 11.4 Å². The van der Waals surface area contributed by atoms with E-state index >= 15 is 0 Å². The van der Waals surface area contributed by atoms with Gasteiger partial charge in [0.1, 0.15) is 12.2 Å². The molecule has 2 heterocycles. The van der Waals surface area contributed by atoms with Crippen LogP contribution in [0, 0.1) is 0 Å². The Balaban J connectivity index is 1.44. The van der Waals surface area contributed by atoms with Crippen LogP contribution in [0.25, 0.3) is 11.0 Å². The summed E-state index contributed by atoms with van der Waals surface area (Å²) in [6.07, 6.45) is 2.50. The summed E-state index contributed by atoms with van der Waals surface area (Å²) in [7, 11) is 1.46. The van der Waals surface area contributed by atoms with Gasteiger partial charge in [-0.15, -0.1) is 0 Å². The van der Waals surface area contributed by atoms with Gasteiger partial charge in [-0.3, -0.25) is 14.5 Å². The first-order valence-corrected chi connectivity index (χ1v) is 10.1. The van der Waals surface area contributed by atoms with E-state index in [1.54, 1.807) is 24.3 Å². The van der Waals surface area contributed by atoms with Gasteiger partial charge < -0.3 is 19.8 Å². The molecule has 156 valence electrons. The molecule has 1 aromatic heterocycles. The molecule has 1 saturated heterocycles. The van der Waals surface area contributed by atoms with E-state index in [0.29, 0.717) is 11.3 Å². The predicted octanol–water partition coefficient (Wildman–Crippen LogP) is 3.87. The minimum atomic E-state index is -0.311. The number of hydrogen-bond acceptors (Lipinski definition) is 5. The highest BCUT2D eigenvalue weighted by molar-refractivity contribution is 6.05. The Kier molecular flexibility index (Phi) is 6.11. The van der Waals surface area contributed by atoms with Gasteiger partial charge in [0.2, 0.25) is 5.91 Å². The average molecular weight is 407 g/mol. The number of carbonyl (C=O) groups excluding carboxylic acids is 2. The number of methoxy groups -OCH3 is 1. The van der Waals surface area contributed by atoms with Crippen LogP contribution >= 0.6 is 0 Å². The number of rotatable bonds is 7. The van der Waals surface area contributed by atoms with E-state index in [-0.39, 0.29) is 24.2 Å². The zero-order chi connectivity index (χ0) is 20.9. The average Bonchev–Trinajstić information content (AvgIpc) is 3.38. The van der Waals surface area contributed by atoms with Crippen LogP contribution < -0.4 is 10.6 Å². The standard InChI is InChI=1S/C23H25N3O4/c1-29-15-22(27)24-19-7-8-20-17(12-19)13-21(30-20)23(28)25-18-6-4-5-16(11-18)14-26-9-2-3-10-26/h4-8,11-13H,2-3,9-10,14-15H2,1H3,(H,24,27)(H,25,28). The van der Waals surface area contributed by atoms with E-state index in [1.165, 1.54) is 25.5 Å². The molecule has 0 aliphatic carbocycles. The smallest absolute Gasteiger partial charge is 0.291 e. The third-order valence-corrected chi connectivity index (χ3v) is 5.09. The normalized spacial score (nSPS) is 14.2. The van der Waals surface area contributed by atoms with Gasteiger partial charge in [0.25, 0.3) is 5.91 Å². The molecule has 0 atom stereocenters. The number of amides is 2. The molecular weight excluding hydrogens is 382 g/mol. The van der Waals surface area contributed by atoms with Gasteiger partial charge in [0, 0.05) is 30.4 Å². The van der Waals surface area contributed by atoms with E-state index in [1.807, 2.05) is 18.2 Å². The predicted molar refractivity (Wildman–Crippen MR) is 116 cm³/mol. The van der Waals surface area contributed by atoms with Crippen LogP contribution in [0.15, 0.2) is 52.9 Å². The van der Waals surface area contributed by atoms with Crippen molar-refractivity contribution in [2.75, 3.05) is 37.4 Å². The Morgan fingerprint density at radius 3 is 2.63 bits per heavy atom. The molecule has 2 aromatic carbocycles. The molecule has 1 fully saturated rings. The quantitative estimate of drug-likeness (QED) is 0.621. The lowest BCUT2D eigenvalue weighted by Gasteiger charge is -2.15. The highest BCUT2D eigenvalue weighted by atomic mass is 16.5. The SMILES string of the molecule is COCC(=O)Nc1ccc2oc(C(=O)Nc3cccc(CN4CCCC4)c3)cc2c1. The maximum Gasteiger partial charge on any atom is 0.291 e. The van der Waals surface area contributed by atoms with Crippen LogP contribution in [0.3, 0.4) is 0 Å². The summed E-state index contributed by atoms with van der Waals surface area (Å²) in [5.41, 5.74) is 3.11. The maximum atomic E-state index is 12.7. The van der Waals surface area contributed by atoms with E-state index in [0.717, 1.165) is 30.7 Å². The molecule has 0 saturated carbocycles. The summed E-state index contributed by atoms with van der Waals surface area (Å²) in [4.78, 5) is 26.8. The van der Waals surface area contributed by atoms with E-state index < -0.39 is 0 Å². The maximum absolute atomic E-state index is 12.7. The van der Waals surface area contributed by atoms with Crippen LogP contribution in [0.1, 0.15) is 29.0 Å². The molecule has 1 aliphatic rings. The second-order valence-corrected chi connectivity index (χ2v) is 7.48. The zero-order valence-corrected chi connectivity index (χ0v) is 16.9. The largest absolute Gasteiger partial charge is 0.451 e. The molecule has 30 heavy (non-hydrogen) atoms. The second kappa shape index (κ2) is 9.11. The summed E-state index contributed by atoms with van der Waals surface area (Å²) in [6, 6.07) is 14.8. The Morgan fingerprint density at radius 1 is 1.03 bits per heavy atom. The molecule has 7 heteroatoms. The molecule has 7 nitrogen and oxygen atoms in total. The van der Waals surface area contributed by atoms with E-state index in [2.05, 4.69) is 21.6 Å². The van der Waals surface area contributed by atoms with Crippen LogP contribution in [0.5, 0.6) is 0 Å². The van der Waals surface area contributed by atoms with Crippen molar-refractivity contribution in [3.05, 3.63) is 59.9 Å². The molecule has 0 bridgehead atoms. The lowest BCUT2D eigenvalue weighted by Crippen LogP contribution is -2.18. The summed E-state index contributed by atoms with van der Waals surface area (Å²) in [5, 5.41) is 6.38. The number of hydrogen-bond donors (Lipinski definition) is 2. The summed E-state index contributed by atoms with van der Waals surface area (Å²) >= 11 is 0. The molecule has 0 spiro atoms. The van der Waals surface area contributed by atoms with Crippen molar-refractivity contribution < 1.29 is 18.7 Å². The van der Waals surface area contributed by atoms with Gasteiger partial charge in [-0.05, 0) is 67.9 Å². The fourth-order valence-electron chi connectivity index (χ4n) is 3.70. The van der Waals surface area contributed by atoms with Crippen molar-refractivity contribution in [1.82, 2.24) is 4.90 Å². The zero-order valence-electron chi connectivity index (χ0n) is 16.9. The number of furan rings is 1. The fraction of sp³-hybridized carbons (Fsp3) is 0.304.